The molecule has 0 bridgehead atoms. The summed E-state index contributed by atoms with van der Waals surface area (Å²) in [7, 11) is 0. The van der Waals surface area contributed by atoms with E-state index in [2.05, 4.69) is 4.98 Å². The van der Waals surface area contributed by atoms with Crippen molar-refractivity contribution in [1.29, 1.82) is 0 Å². The second-order valence-electron chi connectivity index (χ2n) is 7.53. The van der Waals surface area contributed by atoms with Crippen molar-refractivity contribution in [3.05, 3.63) is 48.0 Å². The number of nitrogens with zero attached hydrogens (tertiary/aromatic N) is 2. The van der Waals surface area contributed by atoms with Crippen LogP contribution in [0.4, 0.5) is 4.79 Å². The minimum Gasteiger partial charge on any atom is -0.475 e. The second kappa shape index (κ2) is 7.78. The Morgan fingerprint density at radius 3 is 2.70 bits per heavy atom. The Balaban J connectivity index is 1.62. The Labute approximate surface area is 159 Å². The lowest BCUT2D eigenvalue weighted by Gasteiger charge is -2.40. The Morgan fingerprint density at radius 1 is 1.26 bits per heavy atom. The Morgan fingerprint density at radius 2 is 2.04 bits per heavy atom. The summed E-state index contributed by atoms with van der Waals surface area (Å²) in [6, 6.07) is 12.8. The lowest BCUT2D eigenvalue weighted by atomic mass is 10.1. The van der Waals surface area contributed by atoms with Gasteiger partial charge < -0.3 is 14.4 Å². The van der Waals surface area contributed by atoms with Crippen molar-refractivity contribution in [1.82, 2.24) is 9.88 Å². The van der Waals surface area contributed by atoms with Crippen LogP contribution in [0.3, 0.4) is 0 Å². The van der Waals surface area contributed by atoms with Crippen molar-refractivity contribution in [3.8, 4) is 17.1 Å². The average Bonchev–Trinajstić information content (AvgIpc) is 2.59. The predicted octanol–water partition coefficient (Wildman–Crippen LogP) is 3.95. The molecule has 142 valence electrons. The fraction of sp³-hybridized carbons (Fsp3) is 0.381. The van der Waals surface area contributed by atoms with E-state index in [1.54, 1.807) is 23.1 Å². The number of benzene rings is 1. The number of hydrogen-bond donors (Lipinski definition) is 0. The molecule has 1 aromatic carbocycles. The van der Waals surface area contributed by atoms with Crippen LogP contribution < -0.4 is 4.74 Å². The van der Waals surface area contributed by atoms with E-state index in [-0.39, 0.29) is 12.1 Å². The zero-order chi connectivity index (χ0) is 19.4. The molecule has 2 heterocycles. The maximum absolute atomic E-state index is 12.2. The molecule has 1 amide bonds. The van der Waals surface area contributed by atoms with Gasteiger partial charge in [-0.2, -0.15) is 0 Å². The van der Waals surface area contributed by atoms with E-state index in [0.717, 1.165) is 24.0 Å². The van der Waals surface area contributed by atoms with Gasteiger partial charge in [0.15, 0.2) is 0 Å². The molecule has 0 spiro atoms. The minimum absolute atomic E-state index is 0.0105. The quantitative estimate of drug-likeness (QED) is 0.748. The van der Waals surface area contributed by atoms with Crippen LogP contribution in [0.1, 0.15) is 37.6 Å². The SMILES string of the molecule is CC(C)(C)OC(=O)N1CCC1COc1cccc(-c2cccc(C=O)c2)n1. The normalized spacial score (nSPS) is 16.4. The molecule has 1 aliphatic heterocycles. The first-order valence-electron chi connectivity index (χ1n) is 9.01. The molecule has 1 unspecified atom stereocenters. The van der Waals surface area contributed by atoms with Crippen LogP contribution >= 0.6 is 0 Å². The van der Waals surface area contributed by atoms with Gasteiger partial charge in [-0.1, -0.05) is 24.3 Å². The number of aromatic nitrogens is 1. The number of likely N-dealkylation sites (tertiary alicyclic amines) is 1. The molecule has 3 rings (SSSR count). The number of rotatable bonds is 5. The Hall–Kier alpha value is -2.89. The van der Waals surface area contributed by atoms with Crippen molar-refractivity contribution in [2.24, 2.45) is 0 Å². The summed E-state index contributed by atoms with van der Waals surface area (Å²) in [5.74, 6) is 0.486. The van der Waals surface area contributed by atoms with Gasteiger partial charge in [0.1, 0.15) is 18.5 Å². The highest BCUT2D eigenvalue weighted by Gasteiger charge is 2.35. The second-order valence-corrected chi connectivity index (χ2v) is 7.53. The van der Waals surface area contributed by atoms with Gasteiger partial charge >= 0.3 is 6.09 Å². The maximum Gasteiger partial charge on any atom is 0.410 e. The molecular formula is C21H24N2O4. The van der Waals surface area contributed by atoms with Crippen molar-refractivity contribution in [2.75, 3.05) is 13.2 Å². The molecule has 1 aliphatic rings. The van der Waals surface area contributed by atoms with E-state index in [9.17, 15) is 9.59 Å². The molecule has 0 N–H and O–H groups in total. The Kier molecular flexibility index (Phi) is 5.44. The van der Waals surface area contributed by atoms with Gasteiger partial charge in [0.25, 0.3) is 0 Å². The van der Waals surface area contributed by atoms with Crippen molar-refractivity contribution in [3.63, 3.8) is 0 Å². The number of aldehydes is 1. The predicted molar refractivity (Wildman–Crippen MR) is 102 cm³/mol. The third kappa shape index (κ3) is 4.84. The molecule has 1 aromatic heterocycles. The van der Waals surface area contributed by atoms with Crippen LogP contribution in [-0.2, 0) is 4.74 Å². The third-order valence-electron chi connectivity index (χ3n) is 4.24. The molecule has 6 nitrogen and oxygen atoms in total. The van der Waals surface area contributed by atoms with Crippen LogP contribution in [0.25, 0.3) is 11.3 Å². The van der Waals surface area contributed by atoms with Gasteiger partial charge in [0.05, 0.1) is 11.7 Å². The van der Waals surface area contributed by atoms with Crippen molar-refractivity contribution >= 4 is 12.4 Å². The highest BCUT2D eigenvalue weighted by molar-refractivity contribution is 5.78. The summed E-state index contributed by atoms with van der Waals surface area (Å²) in [4.78, 5) is 29.3. The van der Waals surface area contributed by atoms with Gasteiger partial charge in [-0.05, 0) is 39.3 Å². The molecule has 1 saturated heterocycles. The van der Waals surface area contributed by atoms with Gasteiger partial charge in [0, 0.05) is 23.7 Å². The molecular weight excluding hydrogens is 344 g/mol. The van der Waals surface area contributed by atoms with Crippen LogP contribution in [0.2, 0.25) is 0 Å². The molecule has 1 atom stereocenters. The van der Waals surface area contributed by atoms with E-state index in [1.807, 2.05) is 45.0 Å². The summed E-state index contributed by atoms with van der Waals surface area (Å²) in [6.45, 7) is 6.60. The summed E-state index contributed by atoms with van der Waals surface area (Å²) in [5, 5.41) is 0. The van der Waals surface area contributed by atoms with Crippen molar-refractivity contribution < 1.29 is 19.1 Å². The van der Waals surface area contributed by atoms with E-state index >= 15 is 0 Å². The number of carbonyl (C=O) groups excluding carboxylic acids is 2. The molecule has 27 heavy (non-hydrogen) atoms. The van der Waals surface area contributed by atoms with Crippen LogP contribution in [0, 0.1) is 0 Å². The number of pyridine rings is 1. The monoisotopic (exact) mass is 368 g/mol. The smallest absolute Gasteiger partial charge is 0.410 e. The van der Waals surface area contributed by atoms with Gasteiger partial charge in [-0.25, -0.2) is 9.78 Å². The highest BCUT2D eigenvalue weighted by atomic mass is 16.6. The third-order valence-corrected chi connectivity index (χ3v) is 4.24. The summed E-state index contributed by atoms with van der Waals surface area (Å²) >= 11 is 0. The minimum atomic E-state index is -0.510. The van der Waals surface area contributed by atoms with Crippen LogP contribution in [0.5, 0.6) is 5.88 Å². The molecule has 0 aliphatic carbocycles. The lowest BCUT2D eigenvalue weighted by molar-refractivity contribution is -0.0144. The van der Waals surface area contributed by atoms with Crippen molar-refractivity contribution in [2.45, 2.75) is 38.8 Å². The largest absolute Gasteiger partial charge is 0.475 e. The van der Waals surface area contributed by atoms with E-state index in [1.165, 1.54) is 0 Å². The topological polar surface area (TPSA) is 68.7 Å². The van der Waals surface area contributed by atoms with Crippen LogP contribution in [0.15, 0.2) is 42.5 Å². The number of ether oxygens (including phenoxy) is 2. The molecule has 2 aromatic rings. The fourth-order valence-electron chi connectivity index (χ4n) is 2.78. The molecule has 0 saturated carbocycles. The lowest BCUT2D eigenvalue weighted by Crippen LogP contribution is -2.55. The standard InChI is InChI=1S/C21H24N2O4/c1-21(2,3)27-20(25)23-11-10-17(23)14-26-19-9-5-8-18(22-19)16-7-4-6-15(12-16)13-24/h4-9,12-13,17H,10-11,14H2,1-3H3. The summed E-state index contributed by atoms with van der Waals surface area (Å²) in [5.41, 5.74) is 1.67. The first-order valence-corrected chi connectivity index (χ1v) is 9.01. The van der Waals surface area contributed by atoms with E-state index in [4.69, 9.17) is 9.47 Å². The number of hydrogen-bond acceptors (Lipinski definition) is 5. The first kappa shape index (κ1) is 18.9. The van der Waals surface area contributed by atoms with Gasteiger partial charge in [0.2, 0.25) is 5.88 Å². The fourth-order valence-corrected chi connectivity index (χ4v) is 2.78. The van der Waals surface area contributed by atoms with Gasteiger partial charge in [-0.15, -0.1) is 0 Å². The molecule has 6 heteroatoms. The van der Waals surface area contributed by atoms with Crippen LogP contribution in [-0.4, -0.2) is 47.1 Å². The van der Waals surface area contributed by atoms with Gasteiger partial charge in [-0.3, -0.25) is 4.79 Å². The van der Waals surface area contributed by atoms with E-state index in [0.29, 0.717) is 24.6 Å². The van der Waals surface area contributed by atoms with E-state index < -0.39 is 5.60 Å². The zero-order valence-corrected chi connectivity index (χ0v) is 15.8. The highest BCUT2D eigenvalue weighted by Crippen LogP contribution is 2.24. The number of amides is 1. The number of carbonyl (C=O) groups is 2. The molecule has 0 radical (unpaired) electrons. The zero-order valence-electron chi connectivity index (χ0n) is 15.8. The first-order chi connectivity index (χ1) is 12.9. The average molecular weight is 368 g/mol. The summed E-state index contributed by atoms with van der Waals surface area (Å²) in [6.07, 6.45) is 1.38. The summed E-state index contributed by atoms with van der Waals surface area (Å²) < 4.78 is 11.2. The Bertz CT molecular complexity index is 829. The maximum atomic E-state index is 12.2. The molecule has 1 fully saturated rings.